The molecule has 21 heavy (non-hydrogen) atoms. The molecule has 106 valence electrons. The molecule has 3 N–H and O–H groups in total. The van der Waals surface area contributed by atoms with E-state index in [1.54, 1.807) is 29.7 Å². The standard InChI is InChI=1S/C16H14N2O2S/c17-16(20)12-5-4-6-13(11-12)18-15(19)9-10-21-14-7-2-1-3-8-14/h1-11H,(H2,17,20)(H,18,19). The minimum Gasteiger partial charge on any atom is -0.366 e. The summed E-state index contributed by atoms with van der Waals surface area (Å²) in [6, 6.07) is 16.2. The summed E-state index contributed by atoms with van der Waals surface area (Å²) in [5.41, 5.74) is 6.08. The molecule has 5 heteroatoms. The third-order valence-electron chi connectivity index (χ3n) is 2.58. The Balaban J connectivity index is 1.92. The van der Waals surface area contributed by atoms with Gasteiger partial charge < -0.3 is 11.1 Å². The van der Waals surface area contributed by atoms with Crippen molar-refractivity contribution in [1.29, 1.82) is 0 Å². The number of carbonyl (C=O) groups is 2. The molecule has 0 aliphatic rings. The number of anilines is 1. The van der Waals surface area contributed by atoms with Gasteiger partial charge in [0.25, 0.3) is 0 Å². The first-order chi connectivity index (χ1) is 10.1. The predicted octanol–water partition coefficient (Wildman–Crippen LogP) is 3.03. The van der Waals surface area contributed by atoms with E-state index in [4.69, 9.17) is 5.73 Å². The maximum Gasteiger partial charge on any atom is 0.248 e. The lowest BCUT2D eigenvalue weighted by Gasteiger charge is -2.03. The van der Waals surface area contributed by atoms with Crippen LogP contribution in [-0.2, 0) is 4.79 Å². The van der Waals surface area contributed by atoms with E-state index in [9.17, 15) is 9.59 Å². The highest BCUT2D eigenvalue weighted by Gasteiger charge is 2.02. The molecule has 2 aromatic rings. The summed E-state index contributed by atoms with van der Waals surface area (Å²) in [6.45, 7) is 0. The summed E-state index contributed by atoms with van der Waals surface area (Å²) in [7, 11) is 0. The van der Waals surface area contributed by atoms with E-state index in [1.807, 2.05) is 30.3 Å². The number of amides is 2. The molecule has 2 amide bonds. The zero-order valence-corrected chi connectivity index (χ0v) is 12.0. The largest absolute Gasteiger partial charge is 0.366 e. The molecule has 0 spiro atoms. The lowest BCUT2D eigenvalue weighted by molar-refractivity contribution is -0.111. The molecule has 0 atom stereocenters. The second-order valence-corrected chi connectivity index (χ2v) is 5.15. The summed E-state index contributed by atoms with van der Waals surface area (Å²) in [5.74, 6) is -0.790. The Labute approximate surface area is 127 Å². The number of carbonyl (C=O) groups excluding carboxylic acids is 2. The van der Waals surface area contributed by atoms with Gasteiger partial charge >= 0.3 is 0 Å². The van der Waals surface area contributed by atoms with Gasteiger partial charge in [-0.15, -0.1) is 0 Å². The van der Waals surface area contributed by atoms with Crippen molar-refractivity contribution < 1.29 is 9.59 Å². The highest BCUT2D eigenvalue weighted by molar-refractivity contribution is 8.02. The van der Waals surface area contributed by atoms with E-state index in [2.05, 4.69) is 5.32 Å². The van der Waals surface area contributed by atoms with Crippen molar-refractivity contribution in [2.45, 2.75) is 4.90 Å². The predicted molar refractivity (Wildman–Crippen MR) is 85.0 cm³/mol. The van der Waals surface area contributed by atoms with Crippen molar-refractivity contribution in [3.63, 3.8) is 0 Å². The fraction of sp³-hybridized carbons (Fsp3) is 0. The van der Waals surface area contributed by atoms with E-state index in [1.165, 1.54) is 17.8 Å². The summed E-state index contributed by atoms with van der Waals surface area (Å²) in [4.78, 5) is 23.9. The molecular formula is C16H14N2O2S. The maximum atomic E-state index is 11.8. The zero-order chi connectivity index (χ0) is 15.1. The van der Waals surface area contributed by atoms with E-state index >= 15 is 0 Å². The zero-order valence-electron chi connectivity index (χ0n) is 11.2. The van der Waals surface area contributed by atoms with E-state index in [0.29, 0.717) is 11.3 Å². The van der Waals surface area contributed by atoms with E-state index < -0.39 is 5.91 Å². The smallest absolute Gasteiger partial charge is 0.248 e. The summed E-state index contributed by atoms with van der Waals surface area (Å²) < 4.78 is 0. The summed E-state index contributed by atoms with van der Waals surface area (Å²) >= 11 is 1.45. The number of rotatable bonds is 5. The average molecular weight is 298 g/mol. The SMILES string of the molecule is NC(=O)c1cccc(NC(=O)C=CSc2ccccc2)c1. The highest BCUT2D eigenvalue weighted by Crippen LogP contribution is 2.18. The molecule has 0 aliphatic carbocycles. The first kappa shape index (κ1) is 14.9. The number of thioether (sulfide) groups is 1. The minimum absolute atomic E-state index is 0.264. The van der Waals surface area contributed by atoms with Crippen LogP contribution < -0.4 is 11.1 Å². The van der Waals surface area contributed by atoms with Crippen molar-refractivity contribution >= 4 is 29.3 Å². The summed E-state index contributed by atoms with van der Waals surface area (Å²) in [5, 5.41) is 4.39. The van der Waals surface area contributed by atoms with Crippen LogP contribution in [0.4, 0.5) is 5.69 Å². The topological polar surface area (TPSA) is 72.2 Å². The molecule has 0 bridgehead atoms. The van der Waals surface area contributed by atoms with Crippen molar-refractivity contribution in [3.05, 3.63) is 71.6 Å². The van der Waals surface area contributed by atoms with Gasteiger partial charge in [-0.3, -0.25) is 9.59 Å². The normalized spacial score (nSPS) is 10.5. The molecule has 2 rings (SSSR count). The van der Waals surface area contributed by atoms with Crippen LogP contribution in [0.1, 0.15) is 10.4 Å². The second kappa shape index (κ2) is 7.31. The lowest BCUT2D eigenvalue weighted by Crippen LogP contribution is -2.12. The Hall–Kier alpha value is -2.53. The number of hydrogen-bond donors (Lipinski definition) is 2. The Morgan fingerprint density at radius 1 is 1.05 bits per heavy atom. The number of nitrogens with one attached hydrogen (secondary N) is 1. The molecule has 0 aromatic heterocycles. The van der Waals surface area contributed by atoms with E-state index in [0.717, 1.165) is 4.90 Å². The number of hydrogen-bond acceptors (Lipinski definition) is 3. The lowest BCUT2D eigenvalue weighted by atomic mass is 10.2. The van der Waals surface area contributed by atoms with Crippen LogP contribution in [0.15, 0.2) is 71.0 Å². The molecule has 0 unspecified atom stereocenters. The number of benzene rings is 2. The van der Waals surface area contributed by atoms with Crippen LogP contribution in [0.25, 0.3) is 0 Å². The van der Waals surface area contributed by atoms with Crippen LogP contribution in [-0.4, -0.2) is 11.8 Å². The highest BCUT2D eigenvalue weighted by atomic mass is 32.2. The third kappa shape index (κ3) is 4.81. The molecule has 0 heterocycles. The van der Waals surface area contributed by atoms with Crippen molar-refractivity contribution in [2.75, 3.05) is 5.32 Å². The minimum atomic E-state index is -0.527. The van der Waals surface area contributed by atoms with Gasteiger partial charge in [0, 0.05) is 22.2 Å². The molecule has 4 nitrogen and oxygen atoms in total. The molecule has 0 radical (unpaired) electrons. The van der Waals surface area contributed by atoms with Gasteiger partial charge in [-0.2, -0.15) is 0 Å². The van der Waals surface area contributed by atoms with Crippen molar-refractivity contribution in [2.24, 2.45) is 5.73 Å². The summed E-state index contributed by atoms with van der Waals surface area (Å²) in [6.07, 6.45) is 1.44. The average Bonchev–Trinajstić information content (AvgIpc) is 2.48. The Morgan fingerprint density at radius 2 is 1.81 bits per heavy atom. The van der Waals surface area contributed by atoms with Crippen LogP contribution in [0.2, 0.25) is 0 Å². The molecule has 0 aliphatic heterocycles. The quantitative estimate of drug-likeness (QED) is 0.658. The van der Waals surface area contributed by atoms with Gasteiger partial charge in [0.05, 0.1) is 0 Å². The van der Waals surface area contributed by atoms with Gasteiger partial charge in [-0.1, -0.05) is 36.0 Å². The maximum absolute atomic E-state index is 11.8. The molecule has 0 fully saturated rings. The first-order valence-corrected chi connectivity index (χ1v) is 7.12. The van der Waals surface area contributed by atoms with E-state index in [-0.39, 0.29) is 5.91 Å². The van der Waals surface area contributed by atoms with Gasteiger partial charge in [-0.25, -0.2) is 0 Å². The Bertz CT molecular complexity index is 669. The first-order valence-electron chi connectivity index (χ1n) is 6.24. The second-order valence-electron chi connectivity index (χ2n) is 4.17. The number of primary amides is 1. The molecular weight excluding hydrogens is 284 g/mol. The van der Waals surface area contributed by atoms with Crippen LogP contribution >= 0.6 is 11.8 Å². The molecule has 0 saturated heterocycles. The number of nitrogens with two attached hydrogens (primary N) is 1. The van der Waals surface area contributed by atoms with Gasteiger partial charge in [0.15, 0.2) is 0 Å². The van der Waals surface area contributed by atoms with Crippen LogP contribution in [0.5, 0.6) is 0 Å². The molecule has 2 aromatic carbocycles. The van der Waals surface area contributed by atoms with Gasteiger partial charge in [0.2, 0.25) is 11.8 Å². The Morgan fingerprint density at radius 3 is 2.52 bits per heavy atom. The van der Waals surface area contributed by atoms with Gasteiger partial charge in [0.1, 0.15) is 0 Å². The Kier molecular flexibility index (Phi) is 5.17. The van der Waals surface area contributed by atoms with Crippen molar-refractivity contribution in [3.8, 4) is 0 Å². The van der Waals surface area contributed by atoms with Crippen molar-refractivity contribution in [1.82, 2.24) is 0 Å². The van der Waals surface area contributed by atoms with Gasteiger partial charge in [-0.05, 0) is 35.7 Å². The van der Waals surface area contributed by atoms with Crippen LogP contribution in [0, 0.1) is 0 Å². The van der Waals surface area contributed by atoms with Crippen LogP contribution in [0.3, 0.4) is 0 Å². The fourth-order valence-electron chi connectivity index (χ4n) is 1.61. The fourth-order valence-corrected chi connectivity index (χ4v) is 2.27. The monoisotopic (exact) mass is 298 g/mol. The third-order valence-corrected chi connectivity index (χ3v) is 3.40. The molecule has 0 saturated carbocycles.